The third-order valence-electron chi connectivity index (χ3n) is 2.06. The molecule has 0 saturated heterocycles. The molecule has 0 spiro atoms. The maximum Gasteiger partial charge on any atom is 0.165 e. The summed E-state index contributed by atoms with van der Waals surface area (Å²) in [7, 11) is 0. The molecular weight excluding hydrogens is 205 g/mol. The Kier molecular flexibility index (Phi) is 2.84. The molecule has 2 aromatic carbocycles. The third-order valence-corrected chi connectivity index (χ3v) is 2.06. The second-order valence-corrected chi connectivity index (χ2v) is 3.14. The number of hydrogen-bond donors (Lipinski definition) is 0. The molecule has 0 radical (unpaired) electrons. The van der Waals surface area contributed by atoms with Gasteiger partial charge >= 0.3 is 0 Å². The van der Waals surface area contributed by atoms with Crippen molar-refractivity contribution in [2.75, 3.05) is 0 Å². The van der Waals surface area contributed by atoms with Crippen LogP contribution in [0.4, 0.5) is 4.39 Å². The van der Waals surface area contributed by atoms with Crippen molar-refractivity contribution >= 4 is 0 Å². The molecule has 2 nitrogen and oxygen atoms in total. The van der Waals surface area contributed by atoms with Crippen LogP contribution in [0.1, 0.15) is 5.56 Å². The monoisotopic (exact) mass is 213 g/mol. The maximum atomic E-state index is 13.3. The Balaban J connectivity index is 2.35. The van der Waals surface area contributed by atoms with Crippen LogP contribution >= 0.6 is 0 Å². The lowest BCUT2D eigenvalue weighted by Crippen LogP contribution is -1.90. The van der Waals surface area contributed by atoms with E-state index in [4.69, 9.17) is 10.00 Å². The van der Waals surface area contributed by atoms with E-state index >= 15 is 0 Å². The molecule has 0 heterocycles. The normalized spacial score (nSPS) is 9.50. The number of nitrogens with zero attached hydrogens (tertiary/aromatic N) is 1. The van der Waals surface area contributed by atoms with Gasteiger partial charge in [-0.3, -0.25) is 0 Å². The van der Waals surface area contributed by atoms with Gasteiger partial charge in [0.05, 0.1) is 5.56 Å². The van der Waals surface area contributed by atoms with Crippen molar-refractivity contribution in [3.8, 4) is 17.6 Å². The molecule has 16 heavy (non-hydrogen) atoms. The van der Waals surface area contributed by atoms with Crippen molar-refractivity contribution in [2.24, 2.45) is 0 Å². The van der Waals surface area contributed by atoms with Crippen LogP contribution in [-0.2, 0) is 0 Å². The van der Waals surface area contributed by atoms with Crippen LogP contribution in [0, 0.1) is 17.1 Å². The van der Waals surface area contributed by atoms with Gasteiger partial charge in [-0.1, -0.05) is 24.3 Å². The Morgan fingerprint density at radius 3 is 2.25 bits per heavy atom. The number of halogens is 1. The zero-order valence-corrected chi connectivity index (χ0v) is 8.35. The topological polar surface area (TPSA) is 33.0 Å². The highest BCUT2D eigenvalue weighted by Gasteiger charge is 2.06. The number of benzene rings is 2. The van der Waals surface area contributed by atoms with Crippen molar-refractivity contribution in [3.05, 3.63) is 59.9 Å². The lowest BCUT2D eigenvalue weighted by molar-refractivity contribution is 0.441. The number of rotatable bonds is 2. The predicted octanol–water partition coefficient (Wildman–Crippen LogP) is 3.49. The van der Waals surface area contributed by atoms with Gasteiger partial charge in [0.25, 0.3) is 0 Å². The Bertz CT molecular complexity index is 546. The van der Waals surface area contributed by atoms with Gasteiger partial charge in [0.2, 0.25) is 0 Å². The first kappa shape index (κ1) is 10.2. The fraction of sp³-hybridized carbons (Fsp3) is 0. The van der Waals surface area contributed by atoms with E-state index in [2.05, 4.69) is 0 Å². The number of ether oxygens (including phenoxy) is 1. The second-order valence-electron chi connectivity index (χ2n) is 3.14. The van der Waals surface area contributed by atoms with Crippen LogP contribution in [0.15, 0.2) is 48.5 Å². The highest BCUT2D eigenvalue weighted by atomic mass is 19.1. The molecule has 0 aliphatic rings. The van der Waals surface area contributed by atoms with Gasteiger partial charge in [-0.2, -0.15) is 5.26 Å². The molecule has 0 aromatic heterocycles. The summed E-state index contributed by atoms with van der Waals surface area (Å²) in [6, 6.07) is 14.8. The molecule has 2 rings (SSSR count). The van der Waals surface area contributed by atoms with Gasteiger partial charge in [0.1, 0.15) is 11.8 Å². The summed E-state index contributed by atoms with van der Waals surface area (Å²) < 4.78 is 18.6. The van der Waals surface area contributed by atoms with Crippen molar-refractivity contribution in [2.45, 2.75) is 0 Å². The van der Waals surface area contributed by atoms with Crippen LogP contribution < -0.4 is 4.74 Å². The first-order chi connectivity index (χ1) is 7.81. The Labute approximate surface area is 92.5 Å². The van der Waals surface area contributed by atoms with Crippen molar-refractivity contribution in [1.29, 1.82) is 5.26 Å². The van der Waals surface area contributed by atoms with Crippen molar-refractivity contribution < 1.29 is 9.13 Å². The average Bonchev–Trinajstić information content (AvgIpc) is 2.33. The SMILES string of the molecule is N#Cc1ccccc1Oc1ccccc1F. The number of para-hydroxylation sites is 2. The lowest BCUT2D eigenvalue weighted by Gasteiger charge is -2.07. The molecule has 0 unspecified atom stereocenters. The number of nitriles is 1. The summed E-state index contributed by atoms with van der Waals surface area (Å²) in [6.07, 6.45) is 0. The molecule has 0 bridgehead atoms. The Morgan fingerprint density at radius 2 is 1.56 bits per heavy atom. The summed E-state index contributed by atoms with van der Waals surface area (Å²) in [5, 5.41) is 8.84. The van der Waals surface area contributed by atoms with Gasteiger partial charge in [-0.05, 0) is 24.3 Å². The average molecular weight is 213 g/mol. The van der Waals surface area contributed by atoms with Crippen LogP contribution in [0.25, 0.3) is 0 Å². The summed E-state index contributed by atoms with van der Waals surface area (Å²) in [5.41, 5.74) is 0.380. The fourth-order valence-corrected chi connectivity index (χ4v) is 1.29. The van der Waals surface area contributed by atoms with E-state index in [1.165, 1.54) is 12.1 Å². The minimum absolute atomic E-state index is 0.116. The molecule has 0 fully saturated rings. The molecule has 0 aliphatic heterocycles. The highest BCUT2D eigenvalue weighted by Crippen LogP contribution is 2.26. The molecule has 0 saturated carbocycles. The largest absolute Gasteiger partial charge is 0.453 e. The maximum absolute atomic E-state index is 13.3. The summed E-state index contributed by atoms with van der Waals surface area (Å²) in [5.74, 6) is 0.0237. The van der Waals surface area contributed by atoms with E-state index in [-0.39, 0.29) is 5.75 Å². The Morgan fingerprint density at radius 1 is 0.938 bits per heavy atom. The second kappa shape index (κ2) is 4.45. The van der Waals surface area contributed by atoms with E-state index in [9.17, 15) is 4.39 Å². The predicted molar refractivity (Wildman–Crippen MR) is 57.6 cm³/mol. The summed E-state index contributed by atoms with van der Waals surface area (Å²) in [4.78, 5) is 0. The first-order valence-electron chi connectivity index (χ1n) is 4.73. The van der Waals surface area contributed by atoms with Crippen LogP contribution in [0.3, 0.4) is 0 Å². The van der Waals surface area contributed by atoms with Gasteiger partial charge in [-0.15, -0.1) is 0 Å². The molecule has 3 heteroatoms. The van der Waals surface area contributed by atoms with E-state index in [1.54, 1.807) is 36.4 Å². The molecule has 0 amide bonds. The van der Waals surface area contributed by atoms with Crippen LogP contribution in [-0.4, -0.2) is 0 Å². The van der Waals surface area contributed by atoms with E-state index < -0.39 is 5.82 Å². The summed E-state index contributed by atoms with van der Waals surface area (Å²) in [6.45, 7) is 0. The third kappa shape index (κ3) is 2.01. The highest BCUT2D eigenvalue weighted by molar-refractivity contribution is 5.45. The Hall–Kier alpha value is -2.34. The van der Waals surface area contributed by atoms with Crippen LogP contribution in [0.5, 0.6) is 11.5 Å². The number of hydrogen-bond acceptors (Lipinski definition) is 2. The molecule has 78 valence electrons. The van der Waals surface area contributed by atoms with E-state index in [0.29, 0.717) is 11.3 Å². The minimum Gasteiger partial charge on any atom is -0.453 e. The summed E-state index contributed by atoms with van der Waals surface area (Å²) >= 11 is 0. The first-order valence-corrected chi connectivity index (χ1v) is 4.73. The van der Waals surface area contributed by atoms with Gasteiger partial charge in [0, 0.05) is 0 Å². The quantitative estimate of drug-likeness (QED) is 0.764. The molecule has 0 N–H and O–H groups in total. The molecule has 0 aliphatic carbocycles. The molecule has 2 aromatic rings. The van der Waals surface area contributed by atoms with Crippen LogP contribution in [0.2, 0.25) is 0 Å². The fourth-order valence-electron chi connectivity index (χ4n) is 1.29. The van der Waals surface area contributed by atoms with Crippen molar-refractivity contribution in [3.63, 3.8) is 0 Å². The lowest BCUT2D eigenvalue weighted by atomic mass is 10.2. The zero-order chi connectivity index (χ0) is 11.4. The smallest absolute Gasteiger partial charge is 0.165 e. The van der Waals surface area contributed by atoms with Gasteiger partial charge in [0.15, 0.2) is 11.6 Å². The van der Waals surface area contributed by atoms with Gasteiger partial charge < -0.3 is 4.74 Å². The molecule has 0 atom stereocenters. The van der Waals surface area contributed by atoms with E-state index in [0.717, 1.165) is 0 Å². The zero-order valence-electron chi connectivity index (χ0n) is 8.35. The van der Waals surface area contributed by atoms with Gasteiger partial charge in [-0.25, -0.2) is 4.39 Å². The standard InChI is InChI=1S/C13H8FNO/c14-11-6-2-4-8-13(11)16-12-7-3-1-5-10(12)9-15/h1-8H. The molecular formula is C13H8FNO. The van der Waals surface area contributed by atoms with Crippen molar-refractivity contribution in [1.82, 2.24) is 0 Å². The minimum atomic E-state index is -0.449. The van der Waals surface area contributed by atoms with E-state index in [1.807, 2.05) is 6.07 Å².